The Bertz CT molecular complexity index is 1010. The number of aliphatic hydroxyl groups is 1. The number of esters is 1. The van der Waals surface area contributed by atoms with Crippen LogP contribution in [0.5, 0.6) is 5.75 Å². The lowest BCUT2D eigenvalue weighted by molar-refractivity contribution is -0.145. The van der Waals surface area contributed by atoms with Crippen LogP contribution < -0.4 is 10.1 Å². The van der Waals surface area contributed by atoms with Crippen LogP contribution in [-0.4, -0.2) is 36.8 Å². The van der Waals surface area contributed by atoms with Gasteiger partial charge in [-0.2, -0.15) is 0 Å². The van der Waals surface area contributed by atoms with Gasteiger partial charge in [0.25, 0.3) is 0 Å². The molecule has 1 aliphatic rings. The predicted octanol–water partition coefficient (Wildman–Crippen LogP) is 5.05. The third-order valence-corrected chi connectivity index (χ3v) is 5.59. The second-order valence-corrected chi connectivity index (χ2v) is 7.91. The SMILES string of the molecule is Cl.[2H]C([2H])([2H])C([2H])([2H])OC(=O)COc1cccc([C@@H]2CCC[C@@H](NC[C@H](O)c3cccc(Cl)c3)C2)c1. The smallest absolute Gasteiger partial charge is 0.344 e. The van der Waals surface area contributed by atoms with Crippen molar-refractivity contribution in [2.45, 2.75) is 50.6 Å². The van der Waals surface area contributed by atoms with Crippen LogP contribution in [0.3, 0.4) is 0 Å². The van der Waals surface area contributed by atoms with Crippen molar-refractivity contribution in [2.24, 2.45) is 0 Å². The molecule has 0 bridgehead atoms. The average molecular weight is 473 g/mol. The van der Waals surface area contributed by atoms with Crippen molar-refractivity contribution in [2.75, 3.05) is 19.7 Å². The number of rotatable bonds is 9. The Kier molecular flexibility index (Phi) is 7.81. The topological polar surface area (TPSA) is 67.8 Å². The number of hydrogen-bond acceptors (Lipinski definition) is 5. The predicted molar refractivity (Wildman–Crippen MR) is 125 cm³/mol. The first-order valence-electron chi connectivity index (χ1n) is 12.6. The van der Waals surface area contributed by atoms with Crippen LogP contribution in [0.1, 0.15) is 62.5 Å². The minimum Gasteiger partial charge on any atom is -0.482 e. The standard InChI is InChI=1S/C24H30ClNO4.ClH/c1-2-29-24(28)16-30-22-11-5-7-18(14-22)17-6-4-10-21(13-17)26-15-23(27)19-8-3-9-20(25)12-19;/h3,5,7-9,11-12,14,17,21,23,26-27H,2,4,6,10,13,15-16H2,1H3;1H/t17-,21-,23+;/m1./s1/i1D3,2D2;. The highest BCUT2D eigenvalue weighted by Gasteiger charge is 2.24. The Morgan fingerprint density at radius 1 is 1.32 bits per heavy atom. The van der Waals surface area contributed by atoms with E-state index in [1.165, 1.54) is 0 Å². The molecule has 0 saturated heterocycles. The van der Waals surface area contributed by atoms with Crippen LogP contribution in [0, 0.1) is 0 Å². The maximum atomic E-state index is 11.9. The molecule has 1 saturated carbocycles. The number of benzene rings is 2. The van der Waals surface area contributed by atoms with E-state index in [9.17, 15) is 9.90 Å². The fourth-order valence-electron chi connectivity index (χ4n) is 3.87. The van der Waals surface area contributed by atoms with Crippen molar-refractivity contribution in [1.29, 1.82) is 0 Å². The first-order valence-corrected chi connectivity index (χ1v) is 10.4. The molecule has 0 aromatic heterocycles. The fourth-order valence-corrected chi connectivity index (χ4v) is 4.07. The number of nitrogens with one attached hydrogen (secondary N) is 1. The third-order valence-electron chi connectivity index (χ3n) is 5.36. The maximum absolute atomic E-state index is 11.9. The van der Waals surface area contributed by atoms with E-state index in [-0.39, 0.29) is 24.4 Å². The normalized spacial score (nSPS) is 22.5. The zero-order valence-corrected chi connectivity index (χ0v) is 18.6. The lowest BCUT2D eigenvalue weighted by Crippen LogP contribution is -2.36. The van der Waals surface area contributed by atoms with Gasteiger partial charge in [0.2, 0.25) is 0 Å². The molecule has 31 heavy (non-hydrogen) atoms. The summed E-state index contributed by atoms with van der Waals surface area (Å²) in [4.78, 5) is 11.9. The van der Waals surface area contributed by atoms with Crippen molar-refractivity contribution in [3.05, 3.63) is 64.7 Å². The molecule has 1 fully saturated rings. The summed E-state index contributed by atoms with van der Waals surface area (Å²) in [6, 6.07) is 14.8. The first kappa shape index (κ1) is 18.8. The van der Waals surface area contributed by atoms with E-state index in [0.29, 0.717) is 17.3 Å². The molecular formula is C24H31Cl2NO4. The number of carbonyl (C=O) groups is 1. The van der Waals surface area contributed by atoms with Crippen LogP contribution in [0.4, 0.5) is 0 Å². The van der Waals surface area contributed by atoms with Crippen molar-refractivity contribution in [3.8, 4) is 5.75 Å². The van der Waals surface area contributed by atoms with Crippen molar-refractivity contribution < 1.29 is 26.2 Å². The molecule has 3 rings (SSSR count). The van der Waals surface area contributed by atoms with Gasteiger partial charge in [0.1, 0.15) is 5.75 Å². The second-order valence-electron chi connectivity index (χ2n) is 7.48. The molecule has 5 nitrogen and oxygen atoms in total. The molecule has 0 unspecified atom stereocenters. The number of ether oxygens (including phenoxy) is 2. The Balaban J connectivity index is 0.00000456. The molecule has 0 aliphatic heterocycles. The zero-order valence-electron chi connectivity index (χ0n) is 22.1. The third kappa shape index (κ3) is 8.00. The van der Waals surface area contributed by atoms with Crippen LogP contribution in [0.15, 0.2) is 48.5 Å². The summed E-state index contributed by atoms with van der Waals surface area (Å²) in [5.74, 6) is -0.415. The highest BCUT2D eigenvalue weighted by molar-refractivity contribution is 6.30. The van der Waals surface area contributed by atoms with E-state index in [1.807, 2.05) is 30.3 Å². The van der Waals surface area contributed by atoms with Gasteiger partial charge >= 0.3 is 5.97 Å². The Morgan fingerprint density at radius 3 is 2.97 bits per heavy atom. The minimum absolute atomic E-state index is 0. The van der Waals surface area contributed by atoms with Gasteiger partial charge in [-0.15, -0.1) is 12.4 Å². The monoisotopic (exact) mass is 472 g/mol. The molecule has 2 aromatic rings. The van der Waals surface area contributed by atoms with Crippen LogP contribution in [-0.2, 0) is 9.53 Å². The summed E-state index contributed by atoms with van der Waals surface area (Å²) in [6.45, 7) is -6.35. The van der Waals surface area contributed by atoms with Gasteiger partial charge < -0.3 is 19.9 Å². The van der Waals surface area contributed by atoms with E-state index in [2.05, 4.69) is 10.1 Å². The lowest BCUT2D eigenvalue weighted by atomic mass is 9.81. The molecule has 2 N–H and O–H groups in total. The summed E-state index contributed by atoms with van der Waals surface area (Å²) in [5.41, 5.74) is 1.82. The molecule has 0 radical (unpaired) electrons. The zero-order chi connectivity index (χ0) is 25.6. The van der Waals surface area contributed by atoms with Crippen LogP contribution >= 0.6 is 24.0 Å². The van der Waals surface area contributed by atoms with Crippen LogP contribution in [0.25, 0.3) is 0 Å². The molecule has 3 atom stereocenters. The fraction of sp³-hybridized carbons (Fsp3) is 0.458. The highest BCUT2D eigenvalue weighted by atomic mass is 35.5. The molecule has 7 heteroatoms. The van der Waals surface area contributed by atoms with Crippen molar-refractivity contribution in [3.63, 3.8) is 0 Å². The number of carbonyl (C=O) groups excluding carboxylic acids is 1. The van der Waals surface area contributed by atoms with Crippen molar-refractivity contribution in [1.82, 2.24) is 5.32 Å². The van der Waals surface area contributed by atoms with E-state index in [1.54, 1.807) is 18.2 Å². The van der Waals surface area contributed by atoms with E-state index in [4.69, 9.17) is 23.2 Å². The van der Waals surface area contributed by atoms with E-state index < -0.39 is 32.1 Å². The van der Waals surface area contributed by atoms with Crippen molar-refractivity contribution >= 4 is 30.0 Å². The minimum atomic E-state index is -3.08. The van der Waals surface area contributed by atoms with Gasteiger partial charge in [0.15, 0.2) is 6.61 Å². The van der Waals surface area contributed by atoms with Gasteiger partial charge in [-0.05, 0) is 67.4 Å². The molecule has 0 amide bonds. The highest BCUT2D eigenvalue weighted by Crippen LogP contribution is 2.34. The Labute approximate surface area is 202 Å². The molecule has 0 heterocycles. The summed E-state index contributed by atoms with van der Waals surface area (Å²) in [5, 5.41) is 14.5. The number of aliphatic hydroxyl groups excluding tert-OH is 1. The lowest BCUT2D eigenvalue weighted by Gasteiger charge is -2.31. The summed E-state index contributed by atoms with van der Waals surface area (Å²) < 4.78 is 45.9. The number of hydrogen-bond donors (Lipinski definition) is 2. The van der Waals surface area contributed by atoms with Crippen LogP contribution in [0.2, 0.25) is 5.02 Å². The molecule has 1 aliphatic carbocycles. The molecule has 170 valence electrons. The summed E-state index contributed by atoms with van der Waals surface area (Å²) in [6.07, 6.45) is 3.26. The van der Waals surface area contributed by atoms with Gasteiger partial charge in [-0.25, -0.2) is 4.79 Å². The summed E-state index contributed by atoms with van der Waals surface area (Å²) >= 11 is 6.02. The largest absolute Gasteiger partial charge is 0.482 e. The molecule has 2 aromatic carbocycles. The quantitative estimate of drug-likeness (QED) is 0.499. The first-order chi connectivity index (χ1) is 16.4. The van der Waals surface area contributed by atoms with E-state index in [0.717, 1.165) is 36.8 Å². The van der Waals surface area contributed by atoms with Gasteiger partial charge in [-0.1, -0.05) is 42.3 Å². The van der Waals surface area contributed by atoms with E-state index >= 15 is 0 Å². The summed E-state index contributed by atoms with van der Waals surface area (Å²) in [7, 11) is 0. The van der Waals surface area contributed by atoms with Gasteiger partial charge in [0, 0.05) is 21.7 Å². The number of halogens is 2. The molecular weight excluding hydrogens is 437 g/mol. The Hall–Kier alpha value is -1.79. The van der Waals surface area contributed by atoms with Gasteiger partial charge in [-0.3, -0.25) is 0 Å². The molecule has 0 spiro atoms. The average Bonchev–Trinajstić information content (AvgIpc) is 2.80. The Morgan fingerprint density at radius 2 is 2.16 bits per heavy atom. The second kappa shape index (κ2) is 12.9. The van der Waals surface area contributed by atoms with Gasteiger partial charge in [0.05, 0.1) is 15.4 Å². The maximum Gasteiger partial charge on any atom is 0.344 e.